The molecule has 0 bridgehead atoms. The number of rotatable bonds is 4. The van der Waals surface area contributed by atoms with E-state index in [9.17, 15) is 4.79 Å². The second-order valence-corrected chi connectivity index (χ2v) is 6.25. The lowest BCUT2D eigenvalue weighted by Crippen LogP contribution is -2.30. The molecule has 1 N–H and O–H groups in total. The summed E-state index contributed by atoms with van der Waals surface area (Å²) in [6.07, 6.45) is 1.10. The highest BCUT2D eigenvalue weighted by Gasteiger charge is 2.29. The lowest BCUT2D eigenvalue weighted by Gasteiger charge is -2.18. The van der Waals surface area contributed by atoms with Crippen molar-refractivity contribution in [3.63, 3.8) is 0 Å². The van der Waals surface area contributed by atoms with Gasteiger partial charge in [0.05, 0.1) is 0 Å². The van der Waals surface area contributed by atoms with Crippen LogP contribution < -0.4 is 5.32 Å². The van der Waals surface area contributed by atoms with Crippen LogP contribution in [0.2, 0.25) is 0 Å². The molecular formula is C16H25N3O. The first-order valence-electron chi connectivity index (χ1n) is 7.50. The van der Waals surface area contributed by atoms with Crippen LogP contribution in [0.15, 0.2) is 18.2 Å². The zero-order chi connectivity index (χ0) is 14.7. The quantitative estimate of drug-likeness (QED) is 0.918. The molecule has 110 valence electrons. The minimum Gasteiger partial charge on any atom is -0.368 e. The zero-order valence-corrected chi connectivity index (χ0v) is 12.9. The first kappa shape index (κ1) is 14.8. The Kier molecular flexibility index (Phi) is 4.63. The van der Waals surface area contributed by atoms with Crippen LogP contribution in [-0.2, 0) is 0 Å². The second-order valence-electron chi connectivity index (χ2n) is 6.25. The summed E-state index contributed by atoms with van der Waals surface area (Å²) in [6, 6.07) is 5.90. The Bertz CT molecular complexity index is 471. The fourth-order valence-electron chi connectivity index (χ4n) is 2.61. The van der Waals surface area contributed by atoms with Gasteiger partial charge in [0.15, 0.2) is 0 Å². The van der Waals surface area contributed by atoms with Crippen LogP contribution in [0, 0.1) is 11.8 Å². The van der Waals surface area contributed by atoms with Crippen molar-refractivity contribution in [3.8, 4) is 0 Å². The van der Waals surface area contributed by atoms with Gasteiger partial charge < -0.3 is 10.2 Å². The molecule has 1 aliphatic rings. The fraction of sp³-hybridized carbons (Fsp3) is 0.625. The third kappa shape index (κ3) is 3.50. The first-order chi connectivity index (χ1) is 9.47. The summed E-state index contributed by atoms with van der Waals surface area (Å²) < 4.78 is 0. The van der Waals surface area contributed by atoms with Gasteiger partial charge in [-0.1, -0.05) is 19.9 Å². The van der Waals surface area contributed by atoms with Crippen LogP contribution in [0.3, 0.4) is 0 Å². The van der Waals surface area contributed by atoms with E-state index in [2.05, 4.69) is 38.0 Å². The van der Waals surface area contributed by atoms with E-state index in [1.165, 1.54) is 0 Å². The van der Waals surface area contributed by atoms with Gasteiger partial charge >= 0.3 is 0 Å². The second kappa shape index (κ2) is 6.25. The van der Waals surface area contributed by atoms with E-state index in [1.54, 1.807) is 6.07 Å². The summed E-state index contributed by atoms with van der Waals surface area (Å²) in [5, 5.41) is 3.24. The van der Waals surface area contributed by atoms with Gasteiger partial charge in [-0.25, -0.2) is 4.98 Å². The van der Waals surface area contributed by atoms with Crippen LogP contribution in [0.4, 0.5) is 5.82 Å². The van der Waals surface area contributed by atoms with Gasteiger partial charge in [0.2, 0.25) is 0 Å². The predicted molar refractivity (Wildman–Crippen MR) is 81.8 cm³/mol. The molecule has 1 aromatic rings. The van der Waals surface area contributed by atoms with Crippen molar-refractivity contribution >= 4 is 11.7 Å². The summed E-state index contributed by atoms with van der Waals surface area (Å²) in [5.74, 6) is 2.08. The van der Waals surface area contributed by atoms with Crippen molar-refractivity contribution in [1.29, 1.82) is 0 Å². The molecule has 0 radical (unpaired) electrons. The predicted octanol–water partition coefficient (Wildman–Crippen LogP) is 3.02. The van der Waals surface area contributed by atoms with E-state index in [0.717, 1.165) is 25.3 Å². The molecule has 1 unspecified atom stereocenters. The molecule has 2 rings (SSSR count). The molecule has 0 saturated carbocycles. The average Bonchev–Trinajstić information content (AvgIpc) is 2.87. The van der Waals surface area contributed by atoms with Gasteiger partial charge in [0.25, 0.3) is 5.91 Å². The Morgan fingerprint density at radius 3 is 2.70 bits per heavy atom. The highest BCUT2D eigenvalue weighted by atomic mass is 16.2. The van der Waals surface area contributed by atoms with E-state index in [0.29, 0.717) is 23.6 Å². The number of nitrogens with zero attached hydrogens (tertiary/aromatic N) is 2. The number of pyridine rings is 1. The molecule has 4 nitrogen and oxygen atoms in total. The highest BCUT2D eigenvalue weighted by Crippen LogP contribution is 2.24. The number of amides is 1. The van der Waals surface area contributed by atoms with Crippen molar-refractivity contribution in [2.45, 2.75) is 40.2 Å². The summed E-state index contributed by atoms with van der Waals surface area (Å²) in [7, 11) is 0. The molecule has 0 spiro atoms. The highest BCUT2D eigenvalue weighted by molar-refractivity contribution is 5.92. The van der Waals surface area contributed by atoms with Crippen LogP contribution >= 0.6 is 0 Å². The molecule has 1 aromatic heterocycles. The molecule has 0 aromatic carbocycles. The van der Waals surface area contributed by atoms with Gasteiger partial charge in [-0.3, -0.25) is 4.79 Å². The van der Waals surface area contributed by atoms with E-state index in [1.807, 2.05) is 17.0 Å². The van der Waals surface area contributed by atoms with Crippen molar-refractivity contribution in [3.05, 3.63) is 23.9 Å². The number of anilines is 1. The minimum absolute atomic E-state index is 0.0561. The Balaban J connectivity index is 2.06. The smallest absolute Gasteiger partial charge is 0.272 e. The number of nitrogens with one attached hydrogen (secondary N) is 1. The maximum atomic E-state index is 12.5. The van der Waals surface area contributed by atoms with E-state index < -0.39 is 0 Å². The number of carbonyl (C=O) groups is 1. The summed E-state index contributed by atoms with van der Waals surface area (Å²) >= 11 is 0. The van der Waals surface area contributed by atoms with E-state index in [-0.39, 0.29) is 5.91 Å². The molecule has 1 fully saturated rings. The number of hydrogen-bond donors (Lipinski definition) is 1. The summed E-state index contributed by atoms with van der Waals surface area (Å²) in [5.41, 5.74) is 0.542. The number of aromatic nitrogens is 1. The molecule has 1 saturated heterocycles. The third-order valence-electron chi connectivity index (χ3n) is 3.86. The lowest BCUT2D eigenvalue weighted by molar-refractivity contribution is 0.0778. The molecule has 4 heteroatoms. The van der Waals surface area contributed by atoms with Crippen LogP contribution in [0.5, 0.6) is 0 Å². The average molecular weight is 275 g/mol. The Morgan fingerprint density at radius 2 is 2.10 bits per heavy atom. The van der Waals surface area contributed by atoms with Crippen LogP contribution in [0.1, 0.15) is 44.6 Å². The van der Waals surface area contributed by atoms with Gasteiger partial charge in [0.1, 0.15) is 11.5 Å². The Labute approximate surface area is 121 Å². The van der Waals surface area contributed by atoms with Crippen molar-refractivity contribution < 1.29 is 4.79 Å². The van der Waals surface area contributed by atoms with Gasteiger partial charge in [0, 0.05) is 19.1 Å². The van der Waals surface area contributed by atoms with Crippen molar-refractivity contribution in [1.82, 2.24) is 9.88 Å². The summed E-state index contributed by atoms with van der Waals surface area (Å²) in [6.45, 7) is 10.3. The molecule has 2 heterocycles. The molecule has 1 atom stereocenters. The molecular weight excluding hydrogens is 250 g/mol. The molecule has 1 aliphatic heterocycles. The number of hydrogen-bond acceptors (Lipinski definition) is 3. The largest absolute Gasteiger partial charge is 0.368 e. The SMILES string of the molecule is CC(C)Nc1cccc(C(=O)N2CCC(C(C)C)C2)n1. The van der Waals surface area contributed by atoms with E-state index >= 15 is 0 Å². The standard InChI is InChI=1S/C16H25N3O/c1-11(2)13-8-9-19(10-13)16(20)14-6-5-7-15(18-14)17-12(3)4/h5-7,11-13H,8-10H2,1-4H3,(H,17,18). The first-order valence-corrected chi connectivity index (χ1v) is 7.50. The topological polar surface area (TPSA) is 45.2 Å². The van der Waals surface area contributed by atoms with Crippen molar-refractivity contribution in [2.75, 3.05) is 18.4 Å². The van der Waals surface area contributed by atoms with Gasteiger partial charge in [-0.05, 0) is 44.2 Å². The van der Waals surface area contributed by atoms with Crippen molar-refractivity contribution in [2.24, 2.45) is 11.8 Å². The van der Waals surface area contributed by atoms with Crippen LogP contribution in [-0.4, -0.2) is 34.9 Å². The monoisotopic (exact) mass is 275 g/mol. The normalized spacial score (nSPS) is 18.9. The Hall–Kier alpha value is -1.58. The lowest BCUT2D eigenvalue weighted by atomic mass is 9.95. The zero-order valence-electron chi connectivity index (χ0n) is 12.9. The van der Waals surface area contributed by atoms with E-state index in [4.69, 9.17) is 0 Å². The number of likely N-dealkylation sites (tertiary alicyclic amines) is 1. The van der Waals surface area contributed by atoms with Gasteiger partial charge in [-0.15, -0.1) is 0 Å². The molecule has 20 heavy (non-hydrogen) atoms. The summed E-state index contributed by atoms with van der Waals surface area (Å²) in [4.78, 5) is 18.9. The maximum absolute atomic E-state index is 12.5. The Morgan fingerprint density at radius 1 is 1.35 bits per heavy atom. The minimum atomic E-state index is 0.0561. The fourth-order valence-corrected chi connectivity index (χ4v) is 2.61. The third-order valence-corrected chi connectivity index (χ3v) is 3.86. The van der Waals surface area contributed by atoms with Crippen LogP contribution in [0.25, 0.3) is 0 Å². The van der Waals surface area contributed by atoms with Gasteiger partial charge in [-0.2, -0.15) is 0 Å². The molecule has 0 aliphatic carbocycles. The maximum Gasteiger partial charge on any atom is 0.272 e. The number of carbonyl (C=O) groups excluding carboxylic acids is 1. The molecule has 1 amide bonds.